The van der Waals surface area contributed by atoms with Gasteiger partial charge >= 0.3 is 0 Å². The fraction of sp³-hybridized carbons (Fsp3) is 0.357. The summed E-state index contributed by atoms with van der Waals surface area (Å²) in [5.74, 6) is 0.725. The predicted octanol–water partition coefficient (Wildman–Crippen LogP) is 1.01. The number of nitrogens with two attached hydrogens (primary N) is 1. The molecule has 0 unspecified atom stereocenters. The van der Waals surface area contributed by atoms with Crippen molar-refractivity contribution in [2.45, 2.75) is 13.0 Å². The zero-order chi connectivity index (χ0) is 15.3. The van der Waals surface area contributed by atoms with Crippen molar-refractivity contribution in [1.29, 1.82) is 0 Å². The van der Waals surface area contributed by atoms with Crippen molar-refractivity contribution < 1.29 is 13.2 Å². The van der Waals surface area contributed by atoms with Gasteiger partial charge in [-0.25, -0.2) is 18.5 Å². The second-order valence-electron chi connectivity index (χ2n) is 4.73. The molecule has 0 radical (unpaired) electrons. The van der Waals surface area contributed by atoms with E-state index in [0.29, 0.717) is 19.5 Å². The summed E-state index contributed by atoms with van der Waals surface area (Å²) in [5.41, 5.74) is 1.70. The van der Waals surface area contributed by atoms with Gasteiger partial charge in [0.25, 0.3) is 0 Å². The molecule has 2 rings (SSSR count). The predicted molar refractivity (Wildman–Crippen MR) is 82.6 cm³/mol. The Morgan fingerprint density at radius 2 is 2.10 bits per heavy atom. The first-order chi connectivity index (χ1) is 9.99. The van der Waals surface area contributed by atoms with Gasteiger partial charge < -0.3 is 10.1 Å². The van der Waals surface area contributed by atoms with Gasteiger partial charge in [-0.1, -0.05) is 18.2 Å². The summed E-state index contributed by atoms with van der Waals surface area (Å²) in [6.45, 7) is 1.14. The number of hydrogen-bond donors (Lipinski definition) is 2. The topological polar surface area (TPSA) is 94.3 Å². The summed E-state index contributed by atoms with van der Waals surface area (Å²) >= 11 is 0. The Kier molecular flexibility index (Phi) is 5.11. The highest BCUT2D eigenvalue weighted by Gasteiger charge is 2.05. The number of nitrogens with one attached hydrogen (secondary N) is 1. The molecule has 1 heterocycles. The molecule has 2 aromatic rings. The Bertz CT molecular complexity index is 716. The molecule has 21 heavy (non-hydrogen) atoms. The van der Waals surface area contributed by atoms with Crippen LogP contribution in [0, 0.1) is 0 Å². The molecule has 0 amide bonds. The van der Waals surface area contributed by atoms with Crippen molar-refractivity contribution in [3.8, 4) is 5.75 Å². The zero-order valence-corrected chi connectivity index (χ0v) is 12.7. The molecule has 6 nitrogen and oxygen atoms in total. The minimum absolute atomic E-state index is 0.0149. The van der Waals surface area contributed by atoms with E-state index in [1.165, 1.54) is 0 Å². The summed E-state index contributed by atoms with van der Waals surface area (Å²) in [4.78, 5) is 4.56. The molecule has 114 valence electrons. The number of sulfonamides is 1. The lowest BCUT2D eigenvalue weighted by molar-refractivity contribution is 0.418. The van der Waals surface area contributed by atoms with Crippen molar-refractivity contribution in [1.82, 2.24) is 10.3 Å². The third kappa shape index (κ3) is 4.66. The fourth-order valence-electron chi connectivity index (χ4n) is 2.04. The molecule has 1 aromatic carbocycles. The Labute approximate surface area is 124 Å². The van der Waals surface area contributed by atoms with Crippen LogP contribution in [0.1, 0.15) is 12.1 Å². The molecule has 1 aromatic heterocycles. The third-order valence-electron chi connectivity index (χ3n) is 3.05. The average molecular weight is 309 g/mol. The molecule has 0 aliphatic rings. The molecular formula is C14H19N3O3S. The van der Waals surface area contributed by atoms with Crippen LogP contribution in [0.4, 0.5) is 0 Å². The minimum Gasteiger partial charge on any atom is -0.494 e. The van der Waals surface area contributed by atoms with Crippen LogP contribution < -0.4 is 15.2 Å². The summed E-state index contributed by atoms with van der Waals surface area (Å²) < 4.78 is 26.9. The fourth-order valence-corrected chi connectivity index (χ4v) is 2.58. The highest BCUT2D eigenvalue weighted by molar-refractivity contribution is 7.89. The van der Waals surface area contributed by atoms with Gasteiger partial charge in [0.15, 0.2) is 0 Å². The van der Waals surface area contributed by atoms with Gasteiger partial charge in [0.1, 0.15) is 11.3 Å². The van der Waals surface area contributed by atoms with E-state index in [-0.39, 0.29) is 5.75 Å². The largest absolute Gasteiger partial charge is 0.494 e. The molecule has 3 N–H and O–H groups in total. The molecule has 0 saturated carbocycles. The van der Waals surface area contributed by atoms with Crippen LogP contribution >= 0.6 is 0 Å². The Hall–Kier alpha value is -1.70. The van der Waals surface area contributed by atoms with Gasteiger partial charge in [0, 0.05) is 11.9 Å². The van der Waals surface area contributed by atoms with E-state index in [4.69, 9.17) is 9.88 Å². The van der Waals surface area contributed by atoms with E-state index in [9.17, 15) is 8.42 Å². The molecule has 0 aliphatic carbocycles. The lowest BCUT2D eigenvalue weighted by Gasteiger charge is -2.08. The third-order valence-corrected chi connectivity index (χ3v) is 3.91. The van der Waals surface area contributed by atoms with E-state index in [0.717, 1.165) is 22.3 Å². The number of benzene rings is 1. The maximum absolute atomic E-state index is 10.8. The number of pyridine rings is 1. The van der Waals surface area contributed by atoms with Crippen molar-refractivity contribution in [3.63, 3.8) is 0 Å². The Morgan fingerprint density at radius 1 is 1.29 bits per heavy atom. The first-order valence-corrected chi connectivity index (χ1v) is 8.35. The number of hydrogen-bond acceptors (Lipinski definition) is 5. The van der Waals surface area contributed by atoms with Crippen LogP contribution in [0.15, 0.2) is 30.3 Å². The SMILES string of the molecule is COc1cccc2ccc(CNCCCS(N)(=O)=O)nc12. The molecule has 0 atom stereocenters. The van der Waals surface area contributed by atoms with Gasteiger partial charge in [-0.05, 0) is 25.1 Å². The normalized spacial score (nSPS) is 11.7. The van der Waals surface area contributed by atoms with Crippen LogP contribution in [0.2, 0.25) is 0 Å². The van der Waals surface area contributed by atoms with E-state index < -0.39 is 10.0 Å². The van der Waals surface area contributed by atoms with Crippen LogP contribution in [-0.2, 0) is 16.6 Å². The average Bonchev–Trinajstić information content (AvgIpc) is 2.45. The second-order valence-corrected chi connectivity index (χ2v) is 6.47. The number of methoxy groups -OCH3 is 1. The van der Waals surface area contributed by atoms with E-state index in [1.54, 1.807) is 7.11 Å². The summed E-state index contributed by atoms with van der Waals surface area (Å²) in [7, 11) is -1.76. The number of primary sulfonamides is 1. The van der Waals surface area contributed by atoms with Crippen LogP contribution in [0.25, 0.3) is 10.9 Å². The first-order valence-electron chi connectivity index (χ1n) is 6.63. The van der Waals surface area contributed by atoms with Gasteiger partial charge in [-0.2, -0.15) is 0 Å². The molecular weight excluding hydrogens is 290 g/mol. The molecule has 0 spiro atoms. The van der Waals surface area contributed by atoms with Crippen LogP contribution in [-0.4, -0.2) is 32.8 Å². The Balaban J connectivity index is 1.96. The van der Waals surface area contributed by atoms with E-state index in [1.807, 2.05) is 30.3 Å². The van der Waals surface area contributed by atoms with Gasteiger partial charge in [0.2, 0.25) is 10.0 Å². The monoisotopic (exact) mass is 309 g/mol. The molecule has 7 heteroatoms. The molecule has 0 aliphatic heterocycles. The zero-order valence-electron chi connectivity index (χ0n) is 11.9. The standard InChI is InChI=1S/C14H19N3O3S/c1-20-13-5-2-4-11-6-7-12(17-14(11)13)10-16-8-3-9-21(15,18)19/h2,4-7,16H,3,8-10H2,1H3,(H2,15,18,19). The Morgan fingerprint density at radius 3 is 2.81 bits per heavy atom. The van der Waals surface area contributed by atoms with Crippen LogP contribution in [0.3, 0.4) is 0 Å². The summed E-state index contributed by atoms with van der Waals surface area (Å²) in [6, 6.07) is 9.71. The van der Waals surface area contributed by atoms with Crippen molar-refractivity contribution in [2.75, 3.05) is 19.4 Å². The number of rotatable bonds is 7. The van der Waals surface area contributed by atoms with Crippen LogP contribution in [0.5, 0.6) is 5.75 Å². The molecule has 0 bridgehead atoms. The highest BCUT2D eigenvalue weighted by Crippen LogP contribution is 2.23. The highest BCUT2D eigenvalue weighted by atomic mass is 32.2. The maximum Gasteiger partial charge on any atom is 0.209 e. The second kappa shape index (κ2) is 6.84. The summed E-state index contributed by atoms with van der Waals surface area (Å²) in [6.07, 6.45) is 0.482. The van der Waals surface area contributed by atoms with E-state index >= 15 is 0 Å². The lowest BCUT2D eigenvalue weighted by Crippen LogP contribution is -2.22. The smallest absolute Gasteiger partial charge is 0.209 e. The quantitative estimate of drug-likeness (QED) is 0.744. The maximum atomic E-state index is 10.8. The number of aromatic nitrogens is 1. The van der Waals surface area contributed by atoms with E-state index in [2.05, 4.69) is 10.3 Å². The lowest BCUT2D eigenvalue weighted by atomic mass is 10.2. The number of nitrogens with zero attached hydrogens (tertiary/aromatic N) is 1. The number of ether oxygens (including phenoxy) is 1. The minimum atomic E-state index is -3.38. The van der Waals surface area contributed by atoms with Gasteiger partial charge in [-0.3, -0.25) is 0 Å². The van der Waals surface area contributed by atoms with Crippen molar-refractivity contribution in [3.05, 3.63) is 36.0 Å². The summed E-state index contributed by atoms with van der Waals surface area (Å²) in [5, 5.41) is 9.11. The van der Waals surface area contributed by atoms with Crippen molar-refractivity contribution >= 4 is 20.9 Å². The van der Waals surface area contributed by atoms with Gasteiger partial charge in [0.05, 0.1) is 18.6 Å². The number of para-hydroxylation sites is 1. The van der Waals surface area contributed by atoms with Crippen molar-refractivity contribution in [2.24, 2.45) is 5.14 Å². The van der Waals surface area contributed by atoms with Gasteiger partial charge in [-0.15, -0.1) is 0 Å². The first kappa shape index (κ1) is 15.7. The number of fused-ring (bicyclic) bond motifs is 1. The molecule has 0 saturated heterocycles. The molecule has 0 fully saturated rings.